The molecule has 0 saturated carbocycles. The lowest BCUT2D eigenvalue weighted by molar-refractivity contribution is 0.178. The summed E-state index contributed by atoms with van der Waals surface area (Å²) in [6, 6.07) is 7.02. The van der Waals surface area contributed by atoms with Gasteiger partial charge in [-0.1, -0.05) is 33.6 Å². The second-order valence-corrected chi connectivity index (χ2v) is 5.25. The molecule has 1 heterocycles. The largest absolute Gasteiger partial charge is 0.398 e. The molecule has 1 unspecified atom stereocenters. The third-order valence-electron chi connectivity index (χ3n) is 2.68. The second-order valence-electron chi connectivity index (χ2n) is 3.96. The normalized spacial score (nSPS) is 12.4. The molecule has 94 valence electrons. The van der Waals surface area contributed by atoms with Crippen molar-refractivity contribution in [2.75, 3.05) is 5.73 Å². The van der Waals surface area contributed by atoms with Gasteiger partial charge in [-0.3, -0.25) is 4.98 Å². The molecule has 0 radical (unpaired) electrons. The minimum Gasteiger partial charge on any atom is -0.398 e. The van der Waals surface area contributed by atoms with Crippen LogP contribution in [0.4, 0.5) is 5.69 Å². The number of aliphatic hydroxyl groups is 1. The van der Waals surface area contributed by atoms with Crippen LogP contribution in [0.3, 0.4) is 0 Å². The first-order chi connectivity index (χ1) is 8.58. The molecule has 3 N–H and O–H groups in total. The number of aromatic nitrogens is 1. The monoisotopic (exact) mass is 326 g/mol. The van der Waals surface area contributed by atoms with Gasteiger partial charge in [-0.15, -0.1) is 0 Å². The van der Waals surface area contributed by atoms with Crippen molar-refractivity contribution in [1.82, 2.24) is 4.98 Å². The summed E-state index contributed by atoms with van der Waals surface area (Å²) in [5.41, 5.74) is 8.06. The first-order valence-corrected chi connectivity index (χ1v) is 6.56. The molecule has 0 spiro atoms. The summed E-state index contributed by atoms with van der Waals surface area (Å²) in [5, 5.41) is 10.8. The molecule has 1 aromatic carbocycles. The summed E-state index contributed by atoms with van der Waals surface area (Å²) in [6.45, 7) is 0. The Balaban J connectivity index is 2.22. The molecule has 1 atom stereocenters. The Hall–Kier alpha value is -1.10. The molecule has 0 aliphatic rings. The van der Waals surface area contributed by atoms with Crippen molar-refractivity contribution in [2.45, 2.75) is 12.5 Å². The smallest absolute Gasteiger partial charge is 0.0842 e. The van der Waals surface area contributed by atoms with Crippen LogP contribution >= 0.6 is 27.5 Å². The highest BCUT2D eigenvalue weighted by molar-refractivity contribution is 9.10. The van der Waals surface area contributed by atoms with Gasteiger partial charge in [0.05, 0.1) is 6.10 Å². The molecule has 0 fully saturated rings. The Labute approximate surface area is 119 Å². The molecule has 2 rings (SSSR count). The molecule has 1 aromatic heterocycles. The number of benzene rings is 1. The molecule has 0 aliphatic carbocycles. The highest BCUT2D eigenvalue weighted by Gasteiger charge is 2.13. The van der Waals surface area contributed by atoms with Crippen molar-refractivity contribution in [3.8, 4) is 0 Å². The van der Waals surface area contributed by atoms with Crippen LogP contribution in [0.25, 0.3) is 0 Å². The van der Waals surface area contributed by atoms with Crippen LogP contribution in [-0.2, 0) is 6.42 Å². The van der Waals surface area contributed by atoms with Gasteiger partial charge >= 0.3 is 0 Å². The van der Waals surface area contributed by atoms with Crippen molar-refractivity contribution in [2.24, 2.45) is 0 Å². The maximum absolute atomic E-state index is 10.2. The number of nitrogen functional groups attached to an aromatic ring is 1. The van der Waals surface area contributed by atoms with Gasteiger partial charge in [0.25, 0.3) is 0 Å². The number of pyridine rings is 1. The predicted octanol–water partition coefficient (Wildman–Crippen LogP) is 3.36. The van der Waals surface area contributed by atoms with E-state index >= 15 is 0 Å². The average Bonchev–Trinajstić information content (AvgIpc) is 2.32. The van der Waals surface area contributed by atoms with Crippen LogP contribution in [-0.4, -0.2) is 10.1 Å². The minimum absolute atomic E-state index is 0.417. The Kier molecular flexibility index (Phi) is 4.22. The first kappa shape index (κ1) is 13.3. The fourth-order valence-electron chi connectivity index (χ4n) is 1.70. The fourth-order valence-corrected chi connectivity index (χ4v) is 2.65. The number of nitrogens with zero attached hydrogens (tertiary/aromatic N) is 1. The number of nitrogens with two attached hydrogens (primary N) is 1. The number of anilines is 1. The molecular weight excluding hydrogens is 316 g/mol. The van der Waals surface area contributed by atoms with E-state index in [0.717, 1.165) is 15.6 Å². The number of hydrogen-bond acceptors (Lipinski definition) is 3. The van der Waals surface area contributed by atoms with Gasteiger partial charge in [0, 0.05) is 34.0 Å². The Morgan fingerprint density at radius 1 is 1.39 bits per heavy atom. The molecule has 0 aliphatic heterocycles. The third kappa shape index (κ3) is 3.02. The summed E-state index contributed by atoms with van der Waals surface area (Å²) < 4.78 is 0.782. The first-order valence-electron chi connectivity index (χ1n) is 5.39. The molecule has 0 bridgehead atoms. The number of halogens is 2. The van der Waals surface area contributed by atoms with E-state index in [1.54, 1.807) is 36.7 Å². The van der Waals surface area contributed by atoms with Gasteiger partial charge in [-0.25, -0.2) is 0 Å². The van der Waals surface area contributed by atoms with E-state index in [9.17, 15) is 5.11 Å². The summed E-state index contributed by atoms with van der Waals surface area (Å²) in [5.74, 6) is 0. The van der Waals surface area contributed by atoms with Gasteiger partial charge in [-0.05, 0) is 29.3 Å². The van der Waals surface area contributed by atoms with Gasteiger partial charge in [-0.2, -0.15) is 0 Å². The van der Waals surface area contributed by atoms with E-state index in [-0.39, 0.29) is 0 Å². The van der Waals surface area contributed by atoms with Crippen LogP contribution in [0, 0.1) is 0 Å². The van der Waals surface area contributed by atoms with Crippen molar-refractivity contribution in [1.29, 1.82) is 0 Å². The molecule has 0 amide bonds. The molecule has 0 saturated heterocycles. The zero-order chi connectivity index (χ0) is 13.1. The van der Waals surface area contributed by atoms with Gasteiger partial charge in [0.15, 0.2) is 0 Å². The van der Waals surface area contributed by atoms with Crippen molar-refractivity contribution < 1.29 is 5.11 Å². The van der Waals surface area contributed by atoms with E-state index in [4.69, 9.17) is 17.3 Å². The topological polar surface area (TPSA) is 59.1 Å². The summed E-state index contributed by atoms with van der Waals surface area (Å²) in [4.78, 5) is 4.00. The number of hydrogen-bond donors (Lipinski definition) is 2. The van der Waals surface area contributed by atoms with E-state index in [2.05, 4.69) is 20.9 Å². The summed E-state index contributed by atoms with van der Waals surface area (Å²) in [7, 11) is 0. The Morgan fingerprint density at radius 2 is 2.17 bits per heavy atom. The molecule has 2 aromatic rings. The zero-order valence-corrected chi connectivity index (χ0v) is 11.8. The molecule has 3 nitrogen and oxygen atoms in total. The summed E-state index contributed by atoms with van der Waals surface area (Å²) in [6.07, 6.45) is 3.06. The van der Waals surface area contributed by atoms with E-state index in [0.29, 0.717) is 17.1 Å². The quantitative estimate of drug-likeness (QED) is 0.909. The maximum Gasteiger partial charge on any atom is 0.0842 e. The predicted molar refractivity (Wildman–Crippen MR) is 76.5 cm³/mol. The Bertz CT molecular complexity index is 562. The van der Waals surface area contributed by atoms with Crippen LogP contribution in [0.2, 0.25) is 5.02 Å². The summed E-state index contributed by atoms with van der Waals surface area (Å²) >= 11 is 9.25. The van der Waals surface area contributed by atoms with Gasteiger partial charge in [0.1, 0.15) is 0 Å². The van der Waals surface area contributed by atoms with Crippen LogP contribution in [0.5, 0.6) is 0 Å². The average molecular weight is 328 g/mol. The van der Waals surface area contributed by atoms with Crippen LogP contribution in [0.15, 0.2) is 41.1 Å². The fraction of sp³-hybridized carbons (Fsp3) is 0.154. The molecule has 5 heteroatoms. The van der Waals surface area contributed by atoms with Crippen molar-refractivity contribution >= 4 is 33.2 Å². The van der Waals surface area contributed by atoms with Crippen LogP contribution in [0.1, 0.15) is 17.2 Å². The van der Waals surface area contributed by atoms with Gasteiger partial charge < -0.3 is 10.8 Å². The van der Waals surface area contributed by atoms with Crippen LogP contribution < -0.4 is 5.73 Å². The molecular formula is C13H12BrClN2O. The standard InChI is InChI=1S/C13H12BrClN2O/c14-11-6-9(15)1-2-10(11)13(18)5-8-7-17-4-3-12(8)16/h1-4,6-7,13,18H,5H2,(H2,16,17). The SMILES string of the molecule is Nc1ccncc1CC(O)c1ccc(Cl)cc1Br. The zero-order valence-electron chi connectivity index (χ0n) is 9.48. The van der Waals surface area contributed by atoms with E-state index < -0.39 is 6.10 Å². The van der Waals surface area contributed by atoms with Crippen molar-refractivity contribution in [3.63, 3.8) is 0 Å². The highest BCUT2D eigenvalue weighted by Crippen LogP contribution is 2.29. The second kappa shape index (κ2) is 5.69. The van der Waals surface area contributed by atoms with Gasteiger partial charge in [0.2, 0.25) is 0 Å². The minimum atomic E-state index is -0.650. The lowest BCUT2D eigenvalue weighted by Gasteiger charge is -2.14. The highest BCUT2D eigenvalue weighted by atomic mass is 79.9. The molecule has 18 heavy (non-hydrogen) atoms. The number of aliphatic hydroxyl groups excluding tert-OH is 1. The van der Waals surface area contributed by atoms with E-state index in [1.807, 2.05) is 0 Å². The lowest BCUT2D eigenvalue weighted by Crippen LogP contribution is -2.05. The Morgan fingerprint density at radius 3 is 2.83 bits per heavy atom. The third-order valence-corrected chi connectivity index (χ3v) is 3.60. The lowest BCUT2D eigenvalue weighted by atomic mass is 10.0. The van der Waals surface area contributed by atoms with Crippen molar-refractivity contribution in [3.05, 3.63) is 57.3 Å². The number of rotatable bonds is 3. The van der Waals surface area contributed by atoms with E-state index in [1.165, 1.54) is 0 Å². The maximum atomic E-state index is 10.2.